The van der Waals surface area contributed by atoms with E-state index in [1.807, 2.05) is 60.7 Å². The Hall–Kier alpha value is -2.29. The van der Waals surface area contributed by atoms with E-state index < -0.39 is 0 Å². The van der Waals surface area contributed by atoms with Gasteiger partial charge in [-0.3, -0.25) is 4.79 Å². The molecule has 0 aliphatic carbocycles. The van der Waals surface area contributed by atoms with Crippen molar-refractivity contribution < 1.29 is 9.53 Å². The van der Waals surface area contributed by atoms with Gasteiger partial charge in [-0.1, -0.05) is 48.5 Å². The number of hydrogen-bond donors (Lipinski definition) is 1. The van der Waals surface area contributed by atoms with Crippen LogP contribution in [0.4, 0.5) is 0 Å². The Morgan fingerprint density at radius 1 is 1.05 bits per heavy atom. The molecule has 0 saturated heterocycles. The molecule has 0 fully saturated rings. The number of nitrogens with one attached hydrogen (secondary N) is 1. The van der Waals surface area contributed by atoms with Gasteiger partial charge in [0, 0.05) is 6.92 Å². The van der Waals surface area contributed by atoms with Crippen LogP contribution in [-0.4, -0.2) is 12.5 Å². The fraction of sp³-hybridized carbons (Fsp3) is 0.188. The van der Waals surface area contributed by atoms with Crippen LogP contribution >= 0.6 is 0 Å². The molecule has 0 bridgehead atoms. The molecule has 19 heavy (non-hydrogen) atoms. The van der Waals surface area contributed by atoms with Gasteiger partial charge in [-0.25, -0.2) is 0 Å². The van der Waals surface area contributed by atoms with E-state index in [0.717, 1.165) is 11.3 Å². The summed E-state index contributed by atoms with van der Waals surface area (Å²) in [5.74, 6) is 0.735. The zero-order valence-corrected chi connectivity index (χ0v) is 10.9. The highest BCUT2D eigenvalue weighted by molar-refractivity contribution is 5.72. The lowest BCUT2D eigenvalue weighted by Crippen LogP contribution is -2.28. The van der Waals surface area contributed by atoms with Gasteiger partial charge in [0.05, 0.1) is 6.54 Å². The van der Waals surface area contributed by atoms with E-state index >= 15 is 0 Å². The summed E-state index contributed by atoms with van der Waals surface area (Å²) in [4.78, 5) is 11.1. The fourth-order valence-corrected chi connectivity index (χ4v) is 1.80. The second kappa shape index (κ2) is 6.59. The summed E-state index contributed by atoms with van der Waals surface area (Å²) in [6.07, 6.45) is -0.188. The maximum Gasteiger partial charge on any atom is 0.217 e. The monoisotopic (exact) mass is 255 g/mol. The number of para-hydroxylation sites is 1. The normalized spacial score (nSPS) is 11.6. The van der Waals surface area contributed by atoms with Gasteiger partial charge in [0.15, 0.2) is 0 Å². The molecule has 0 saturated carbocycles. The zero-order valence-electron chi connectivity index (χ0n) is 10.9. The van der Waals surface area contributed by atoms with E-state index in [1.54, 1.807) is 0 Å². The van der Waals surface area contributed by atoms with E-state index in [9.17, 15) is 4.79 Å². The Kier molecular flexibility index (Phi) is 4.56. The van der Waals surface area contributed by atoms with Crippen molar-refractivity contribution in [3.63, 3.8) is 0 Å². The van der Waals surface area contributed by atoms with Crippen molar-refractivity contribution in [3.05, 3.63) is 66.2 Å². The third-order valence-corrected chi connectivity index (χ3v) is 2.73. The molecule has 3 heteroatoms. The molecule has 98 valence electrons. The molecule has 2 rings (SSSR count). The fourth-order valence-electron chi connectivity index (χ4n) is 1.80. The first-order valence-electron chi connectivity index (χ1n) is 6.27. The molecule has 1 N–H and O–H groups in total. The van der Waals surface area contributed by atoms with Gasteiger partial charge in [0.2, 0.25) is 5.91 Å². The van der Waals surface area contributed by atoms with Gasteiger partial charge < -0.3 is 10.1 Å². The van der Waals surface area contributed by atoms with Gasteiger partial charge in [-0.2, -0.15) is 0 Å². The highest BCUT2D eigenvalue weighted by Gasteiger charge is 2.13. The van der Waals surface area contributed by atoms with Gasteiger partial charge in [-0.05, 0) is 17.7 Å². The summed E-state index contributed by atoms with van der Waals surface area (Å²) in [7, 11) is 0. The molecular formula is C16H17NO2. The van der Waals surface area contributed by atoms with Gasteiger partial charge in [0.25, 0.3) is 0 Å². The maximum absolute atomic E-state index is 11.1. The van der Waals surface area contributed by atoms with Crippen LogP contribution in [0, 0.1) is 0 Å². The molecule has 0 spiro atoms. The minimum Gasteiger partial charge on any atom is -0.484 e. The van der Waals surface area contributed by atoms with Crippen LogP contribution < -0.4 is 10.1 Å². The molecule has 0 aliphatic heterocycles. The molecule has 2 aromatic rings. The van der Waals surface area contributed by atoms with E-state index in [1.165, 1.54) is 6.92 Å². The second-order valence-corrected chi connectivity index (χ2v) is 4.27. The van der Waals surface area contributed by atoms with Crippen molar-refractivity contribution in [1.29, 1.82) is 0 Å². The SMILES string of the molecule is CC(=O)NCC(Oc1ccccc1)c1ccccc1. The summed E-state index contributed by atoms with van der Waals surface area (Å²) in [6.45, 7) is 1.96. The molecule has 0 aromatic heterocycles. The lowest BCUT2D eigenvalue weighted by atomic mass is 10.1. The van der Waals surface area contributed by atoms with Crippen LogP contribution in [0.5, 0.6) is 5.75 Å². The number of carbonyl (C=O) groups is 1. The lowest BCUT2D eigenvalue weighted by molar-refractivity contribution is -0.119. The molecule has 0 radical (unpaired) electrons. The predicted octanol–water partition coefficient (Wildman–Crippen LogP) is 2.94. The smallest absolute Gasteiger partial charge is 0.217 e. The van der Waals surface area contributed by atoms with Gasteiger partial charge >= 0.3 is 0 Å². The minimum absolute atomic E-state index is 0.0578. The van der Waals surface area contributed by atoms with E-state index in [2.05, 4.69) is 5.32 Å². The topological polar surface area (TPSA) is 38.3 Å². The Morgan fingerprint density at radius 2 is 1.63 bits per heavy atom. The molecule has 1 unspecified atom stereocenters. The molecular weight excluding hydrogens is 238 g/mol. The van der Waals surface area contributed by atoms with Crippen LogP contribution in [0.25, 0.3) is 0 Å². The van der Waals surface area contributed by atoms with Gasteiger partial charge in [0.1, 0.15) is 11.9 Å². The zero-order chi connectivity index (χ0) is 13.5. The Bertz CT molecular complexity index is 511. The molecule has 1 atom stereocenters. The number of rotatable bonds is 5. The van der Waals surface area contributed by atoms with E-state index in [4.69, 9.17) is 4.74 Å². The standard InChI is InChI=1S/C16H17NO2/c1-13(18)17-12-16(14-8-4-2-5-9-14)19-15-10-6-3-7-11-15/h2-11,16H,12H2,1H3,(H,17,18). The molecule has 1 amide bonds. The highest BCUT2D eigenvalue weighted by atomic mass is 16.5. The quantitative estimate of drug-likeness (QED) is 0.892. The lowest BCUT2D eigenvalue weighted by Gasteiger charge is -2.19. The third kappa shape index (κ3) is 4.14. The summed E-state index contributed by atoms with van der Waals surface area (Å²) in [5.41, 5.74) is 1.04. The average molecular weight is 255 g/mol. The van der Waals surface area contributed by atoms with Crippen LogP contribution in [0.1, 0.15) is 18.6 Å². The molecule has 3 nitrogen and oxygen atoms in total. The summed E-state index contributed by atoms with van der Waals surface area (Å²) < 4.78 is 5.94. The number of amides is 1. The Morgan fingerprint density at radius 3 is 2.21 bits per heavy atom. The molecule has 2 aromatic carbocycles. The van der Waals surface area contributed by atoms with E-state index in [-0.39, 0.29) is 12.0 Å². The number of ether oxygens (including phenoxy) is 1. The van der Waals surface area contributed by atoms with Crippen LogP contribution in [0.2, 0.25) is 0 Å². The minimum atomic E-state index is -0.188. The van der Waals surface area contributed by atoms with Crippen molar-refractivity contribution in [3.8, 4) is 5.75 Å². The molecule has 0 heterocycles. The average Bonchev–Trinajstić information content (AvgIpc) is 2.45. The number of benzene rings is 2. The third-order valence-electron chi connectivity index (χ3n) is 2.73. The second-order valence-electron chi connectivity index (χ2n) is 4.27. The van der Waals surface area contributed by atoms with Crippen molar-refractivity contribution >= 4 is 5.91 Å². The number of carbonyl (C=O) groups excluding carboxylic acids is 1. The predicted molar refractivity (Wildman–Crippen MR) is 74.9 cm³/mol. The van der Waals surface area contributed by atoms with Gasteiger partial charge in [-0.15, -0.1) is 0 Å². The molecule has 0 aliphatic rings. The van der Waals surface area contributed by atoms with Crippen molar-refractivity contribution in [2.75, 3.05) is 6.54 Å². The van der Waals surface area contributed by atoms with Crippen molar-refractivity contribution in [2.24, 2.45) is 0 Å². The summed E-state index contributed by atoms with van der Waals surface area (Å²) in [6, 6.07) is 19.5. The first-order valence-corrected chi connectivity index (χ1v) is 6.27. The largest absolute Gasteiger partial charge is 0.484 e. The van der Waals surface area contributed by atoms with Crippen LogP contribution in [-0.2, 0) is 4.79 Å². The number of hydrogen-bond acceptors (Lipinski definition) is 2. The van der Waals surface area contributed by atoms with Crippen molar-refractivity contribution in [1.82, 2.24) is 5.32 Å². The summed E-state index contributed by atoms with van der Waals surface area (Å²) >= 11 is 0. The maximum atomic E-state index is 11.1. The summed E-state index contributed by atoms with van der Waals surface area (Å²) in [5, 5.41) is 2.80. The first kappa shape index (κ1) is 13.1. The van der Waals surface area contributed by atoms with Crippen molar-refractivity contribution in [2.45, 2.75) is 13.0 Å². The highest BCUT2D eigenvalue weighted by Crippen LogP contribution is 2.21. The van der Waals surface area contributed by atoms with E-state index in [0.29, 0.717) is 6.54 Å². The Labute approximate surface area is 113 Å². The Balaban J connectivity index is 2.12. The first-order chi connectivity index (χ1) is 9.25. The van der Waals surface area contributed by atoms with Crippen LogP contribution in [0.3, 0.4) is 0 Å². The van der Waals surface area contributed by atoms with Crippen LogP contribution in [0.15, 0.2) is 60.7 Å².